The molecule has 7 heteroatoms. The van der Waals surface area contributed by atoms with Gasteiger partial charge in [-0.1, -0.05) is 11.6 Å². The third kappa shape index (κ3) is 4.37. The Morgan fingerprint density at radius 3 is 2.70 bits per heavy atom. The molecule has 1 saturated heterocycles. The topological polar surface area (TPSA) is 70.2 Å². The normalized spacial score (nSPS) is 17.2. The Hall–Kier alpha value is -1.30. The van der Waals surface area contributed by atoms with Gasteiger partial charge in [-0.15, -0.1) is 12.4 Å². The Bertz CT molecular complexity index is 502. The van der Waals surface area contributed by atoms with E-state index in [-0.39, 0.29) is 30.1 Å². The first-order valence-electron chi connectivity index (χ1n) is 6.15. The molecule has 1 fully saturated rings. The summed E-state index contributed by atoms with van der Waals surface area (Å²) in [6.45, 7) is 2.98. The van der Waals surface area contributed by atoms with Gasteiger partial charge < -0.3 is 16.0 Å². The van der Waals surface area contributed by atoms with Crippen LogP contribution in [0.1, 0.15) is 13.3 Å². The number of carbonyl (C=O) groups is 2. The summed E-state index contributed by atoms with van der Waals surface area (Å²) in [5.41, 5.74) is 1.13. The minimum Gasteiger partial charge on any atom is -0.326 e. The molecule has 1 aliphatic heterocycles. The van der Waals surface area contributed by atoms with Crippen LogP contribution in [0.15, 0.2) is 18.2 Å². The third-order valence-corrected chi connectivity index (χ3v) is 3.31. The van der Waals surface area contributed by atoms with Gasteiger partial charge in [0.25, 0.3) is 0 Å². The van der Waals surface area contributed by atoms with Crippen molar-refractivity contribution in [1.29, 1.82) is 0 Å². The lowest BCUT2D eigenvalue weighted by Gasteiger charge is -2.12. The summed E-state index contributed by atoms with van der Waals surface area (Å²) in [6.07, 6.45) is 0.828. The molecule has 0 bridgehead atoms. The molecule has 0 aliphatic carbocycles. The molecule has 2 rings (SSSR count). The first-order valence-corrected chi connectivity index (χ1v) is 6.53. The van der Waals surface area contributed by atoms with E-state index in [1.165, 1.54) is 6.92 Å². The summed E-state index contributed by atoms with van der Waals surface area (Å²) in [5, 5.41) is 9.05. The van der Waals surface area contributed by atoms with Crippen LogP contribution in [0.4, 0.5) is 11.4 Å². The molecule has 1 unspecified atom stereocenters. The molecule has 110 valence electrons. The van der Waals surface area contributed by atoms with E-state index >= 15 is 0 Å². The van der Waals surface area contributed by atoms with Crippen LogP contribution in [-0.2, 0) is 9.59 Å². The molecule has 0 spiro atoms. The molecule has 1 aromatic rings. The Morgan fingerprint density at radius 2 is 2.10 bits per heavy atom. The molecule has 5 nitrogen and oxygen atoms in total. The fraction of sp³-hybridized carbons (Fsp3) is 0.385. The second-order valence-corrected chi connectivity index (χ2v) is 4.96. The zero-order valence-electron chi connectivity index (χ0n) is 11.0. The standard InChI is InChI=1S/C13H16ClN3O2.ClH/c1-8(18)16-10-2-3-11(14)12(6-10)17-13(19)9-4-5-15-7-9;/h2-3,6,9,15H,4-5,7H2,1H3,(H,16,18)(H,17,19);1H. The Kier molecular flexibility index (Phi) is 6.26. The second kappa shape index (κ2) is 7.47. The third-order valence-electron chi connectivity index (χ3n) is 2.98. The molecule has 0 saturated carbocycles. The maximum atomic E-state index is 12.0. The van der Waals surface area contributed by atoms with Crippen LogP contribution in [0.2, 0.25) is 5.02 Å². The zero-order chi connectivity index (χ0) is 13.8. The molecule has 1 aromatic carbocycles. The molecular weight excluding hydrogens is 301 g/mol. The van der Waals surface area contributed by atoms with E-state index in [0.717, 1.165) is 13.0 Å². The van der Waals surface area contributed by atoms with Crippen molar-refractivity contribution in [3.63, 3.8) is 0 Å². The van der Waals surface area contributed by atoms with E-state index < -0.39 is 0 Å². The van der Waals surface area contributed by atoms with Crippen molar-refractivity contribution < 1.29 is 9.59 Å². The predicted octanol–water partition coefficient (Wildman–Crippen LogP) is 2.27. The number of halogens is 2. The van der Waals surface area contributed by atoms with Gasteiger partial charge in [-0.25, -0.2) is 0 Å². The molecule has 1 heterocycles. The summed E-state index contributed by atoms with van der Waals surface area (Å²) in [5.74, 6) is -0.244. The molecule has 2 amide bonds. The van der Waals surface area contributed by atoms with Gasteiger partial charge >= 0.3 is 0 Å². The van der Waals surface area contributed by atoms with Crippen LogP contribution in [-0.4, -0.2) is 24.9 Å². The predicted molar refractivity (Wildman–Crippen MR) is 82.6 cm³/mol. The van der Waals surface area contributed by atoms with E-state index in [4.69, 9.17) is 11.6 Å². The van der Waals surface area contributed by atoms with Crippen molar-refractivity contribution in [2.75, 3.05) is 23.7 Å². The lowest BCUT2D eigenvalue weighted by Crippen LogP contribution is -2.24. The molecule has 3 N–H and O–H groups in total. The monoisotopic (exact) mass is 317 g/mol. The second-order valence-electron chi connectivity index (χ2n) is 4.55. The van der Waals surface area contributed by atoms with Gasteiger partial charge in [-0.3, -0.25) is 9.59 Å². The van der Waals surface area contributed by atoms with Gasteiger partial charge in [0.05, 0.1) is 16.6 Å². The molecule has 0 aromatic heterocycles. The highest BCUT2D eigenvalue weighted by atomic mass is 35.5. The average Bonchev–Trinajstić information content (AvgIpc) is 2.86. The number of benzene rings is 1. The summed E-state index contributed by atoms with van der Waals surface area (Å²) in [4.78, 5) is 23.0. The van der Waals surface area contributed by atoms with Crippen molar-refractivity contribution >= 4 is 47.2 Å². The maximum absolute atomic E-state index is 12.0. The van der Waals surface area contributed by atoms with Crippen molar-refractivity contribution in [3.8, 4) is 0 Å². The van der Waals surface area contributed by atoms with Crippen molar-refractivity contribution in [3.05, 3.63) is 23.2 Å². The van der Waals surface area contributed by atoms with Crippen molar-refractivity contribution in [1.82, 2.24) is 5.32 Å². The number of hydrogen-bond acceptors (Lipinski definition) is 3. The number of carbonyl (C=O) groups excluding carboxylic acids is 2. The number of anilines is 2. The molecule has 20 heavy (non-hydrogen) atoms. The average molecular weight is 318 g/mol. The largest absolute Gasteiger partial charge is 0.326 e. The SMILES string of the molecule is CC(=O)Nc1ccc(Cl)c(NC(=O)C2CCNC2)c1.Cl. The van der Waals surface area contributed by atoms with Gasteiger partial charge in [0, 0.05) is 19.2 Å². The molecule has 1 aliphatic rings. The van der Waals surface area contributed by atoms with Gasteiger partial charge in [-0.05, 0) is 31.2 Å². The first-order chi connectivity index (χ1) is 9.06. The quantitative estimate of drug-likeness (QED) is 0.801. The number of rotatable bonds is 3. The summed E-state index contributed by atoms with van der Waals surface area (Å²) in [6, 6.07) is 5.00. The van der Waals surface area contributed by atoms with Crippen LogP contribution in [0.3, 0.4) is 0 Å². The van der Waals surface area contributed by atoms with Crippen LogP contribution in [0, 0.1) is 5.92 Å². The Morgan fingerprint density at radius 1 is 1.35 bits per heavy atom. The minimum atomic E-state index is -0.167. The van der Waals surface area contributed by atoms with Crippen molar-refractivity contribution in [2.24, 2.45) is 5.92 Å². The van der Waals surface area contributed by atoms with Crippen LogP contribution < -0.4 is 16.0 Å². The van der Waals surface area contributed by atoms with Gasteiger partial charge in [0.1, 0.15) is 0 Å². The number of nitrogens with one attached hydrogen (secondary N) is 3. The maximum Gasteiger partial charge on any atom is 0.228 e. The van der Waals surface area contributed by atoms with Gasteiger partial charge in [0.15, 0.2) is 0 Å². The highest BCUT2D eigenvalue weighted by Crippen LogP contribution is 2.26. The van der Waals surface area contributed by atoms with Gasteiger partial charge in [-0.2, -0.15) is 0 Å². The number of hydrogen-bond donors (Lipinski definition) is 3. The number of amides is 2. The van der Waals surface area contributed by atoms with Gasteiger partial charge in [0.2, 0.25) is 11.8 Å². The minimum absolute atomic E-state index is 0. The highest BCUT2D eigenvalue weighted by molar-refractivity contribution is 6.33. The molecule has 1 atom stereocenters. The van der Waals surface area contributed by atoms with Crippen LogP contribution in [0.25, 0.3) is 0 Å². The molecular formula is C13H17Cl2N3O2. The lowest BCUT2D eigenvalue weighted by molar-refractivity contribution is -0.119. The van der Waals surface area contributed by atoms with Crippen LogP contribution in [0.5, 0.6) is 0 Å². The highest BCUT2D eigenvalue weighted by Gasteiger charge is 2.22. The Labute approximate surface area is 128 Å². The zero-order valence-corrected chi connectivity index (χ0v) is 12.6. The molecule has 0 radical (unpaired) electrons. The fourth-order valence-corrected chi connectivity index (χ4v) is 2.18. The van der Waals surface area contributed by atoms with E-state index in [1.807, 2.05) is 0 Å². The Balaban J connectivity index is 0.00000200. The van der Waals surface area contributed by atoms with Crippen molar-refractivity contribution in [2.45, 2.75) is 13.3 Å². The summed E-state index contributed by atoms with van der Waals surface area (Å²) >= 11 is 6.04. The van der Waals surface area contributed by atoms with E-state index in [9.17, 15) is 9.59 Å². The smallest absolute Gasteiger partial charge is 0.228 e. The summed E-state index contributed by atoms with van der Waals surface area (Å²) < 4.78 is 0. The van der Waals surface area contributed by atoms with E-state index in [1.54, 1.807) is 18.2 Å². The van der Waals surface area contributed by atoms with E-state index in [2.05, 4.69) is 16.0 Å². The van der Waals surface area contributed by atoms with E-state index in [0.29, 0.717) is 22.9 Å². The fourth-order valence-electron chi connectivity index (χ4n) is 2.02. The summed E-state index contributed by atoms with van der Waals surface area (Å²) in [7, 11) is 0. The first kappa shape index (κ1) is 16.8. The lowest BCUT2D eigenvalue weighted by atomic mass is 10.1. The van der Waals surface area contributed by atoms with Crippen LogP contribution >= 0.6 is 24.0 Å².